The van der Waals surface area contributed by atoms with Crippen molar-refractivity contribution in [3.8, 4) is 0 Å². The fourth-order valence-electron chi connectivity index (χ4n) is 2.50. The first-order chi connectivity index (χ1) is 9.47. The van der Waals surface area contributed by atoms with Gasteiger partial charge in [-0.3, -0.25) is 4.79 Å². The van der Waals surface area contributed by atoms with E-state index in [1.54, 1.807) is 13.8 Å². The van der Waals surface area contributed by atoms with Crippen LogP contribution >= 0.6 is 0 Å². The molecule has 1 unspecified atom stereocenters. The fraction of sp³-hybridized carbons (Fsp3) is 0.538. The van der Waals surface area contributed by atoms with Crippen LogP contribution in [0.25, 0.3) is 0 Å². The zero-order chi connectivity index (χ0) is 14.9. The predicted molar refractivity (Wildman–Crippen MR) is 70.0 cm³/mol. The van der Waals surface area contributed by atoms with Crippen LogP contribution in [0.5, 0.6) is 0 Å². The van der Waals surface area contributed by atoms with Crippen molar-refractivity contribution in [2.45, 2.75) is 19.9 Å². The molecule has 3 N–H and O–H groups in total. The fourth-order valence-corrected chi connectivity index (χ4v) is 2.50. The zero-order valence-corrected chi connectivity index (χ0v) is 11.5. The van der Waals surface area contributed by atoms with Gasteiger partial charge in [-0.25, -0.2) is 4.79 Å². The first-order valence-electron chi connectivity index (χ1n) is 6.39. The summed E-state index contributed by atoms with van der Waals surface area (Å²) in [6, 6.07) is -0.391. The number of H-pyrrole nitrogens is 1. The average molecular weight is 282 g/mol. The molecule has 1 atom stereocenters. The van der Waals surface area contributed by atoms with Crippen molar-refractivity contribution in [2.75, 3.05) is 26.4 Å². The third-order valence-electron chi connectivity index (χ3n) is 3.56. The minimum Gasteiger partial charge on any atom is -0.477 e. The van der Waals surface area contributed by atoms with Crippen LogP contribution < -0.4 is 0 Å². The predicted octanol–water partition coefficient (Wildman–Crippen LogP) is 0.163. The Labute approximate surface area is 116 Å². The third-order valence-corrected chi connectivity index (χ3v) is 3.56. The Morgan fingerprint density at radius 1 is 1.45 bits per heavy atom. The molecule has 2 rings (SSSR count). The molecule has 0 aromatic carbocycles. The Hall–Kier alpha value is -1.86. The van der Waals surface area contributed by atoms with Crippen molar-refractivity contribution in [2.24, 2.45) is 0 Å². The molecule has 0 spiro atoms. The lowest BCUT2D eigenvalue weighted by molar-refractivity contribution is -0.0184. The van der Waals surface area contributed by atoms with Crippen LogP contribution in [0.2, 0.25) is 0 Å². The van der Waals surface area contributed by atoms with E-state index in [9.17, 15) is 14.7 Å². The van der Waals surface area contributed by atoms with Gasteiger partial charge in [0.05, 0.1) is 31.4 Å². The molecule has 0 aliphatic carbocycles. The van der Waals surface area contributed by atoms with E-state index < -0.39 is 12.0 Å². The average Bonchev–Trinajstić information content (AvgIpc) is 2.73. The summed E-state index contributed by atoms with van der Waals surface area (Å²) in [5.74, 6) is -1.36. The highest BCUT2D eigenvalue weighted by molar-refractivity contribution is 6.01. The standard InChI is InChI=1S/C13H18N2O5/c1-7-10(8(2)14-11(7)13(18)19)12(17)15-3-4-20-6-9(15)5-16/h9,14,16H,3-6H2,1-2H3,(H,18,19). The third kappa shape index (κ3) is 2.41. The van der Waals surface area contributed by atoms with Gasteiger partial charge in [-0.15, -0.1) is 0 Å². The summed E-state index contributed by atoms with van der Waals surface area (Å²) >= 11 is 0. The summed E-state index contributed by atoms with van der Waals surface area (Å²) < 4.78 is 5.24. The molecule has 110 valence electrons. The number of amides is 1. The second kappa shape index (κ2) is 5.64. The first-order valence-corrected chi connectivity index (χ1v) is 6.39. The molecule has 1 aromatic heterocycles. The number of hydrogen-bond acceptors (Lipinski definition) is 4. The number of nitrogens with one attached hydrogen (secondary N) is 1. The Bertz CT molecular complexity index is 537. The van der Waals surface area contributed by atoms with E-state index in [1.807, 2.05) is 0 Å². The lowest BCUT2D eigenvalue weighted by Gasteiger charge is -2.34. The van der Waals surface area contributed by atoms with Crippen molar-refractivity contribution < 1.29 is 24.5 Å². The van der Waals surface area contributed by atoms with Gasteiger partial charge in [-0.1, -0.05) is 0 Å². The van der Waals surface area contributed by atoms with E-state index in [-0.39, 0.29) is 24.8 Å². The summed E-state index contributed by atoms with van der Waals surface area (Å²) in [5.41, 5.74) is 1.33. The van der Waals surface area contributed by atoms with Gasteiger partial charge in [0.2, 0.25) is 0 Å². The van der Waals surface area contributed by atoms with Crippen LogP contribution in [-0.2, 0) is 4.74 Å². The van der Waals surface area contributed by atoms with Gasteiger partial charge >= 0.3 is 5.97 Å². The molecule has 1 saturated heterocycles. The maximum absolute atomic E-state index is 12.6. The van der Waals surface area contributed by atoms with Crippen molar-refractivity contribution in [1.29, 1.82) is 0 Å². The number of carboxylic acids is 1. The summed E-state index contributed by atoms with van der Waals surface area (Å²) in [4.78, 5) is 27.9. The van der Waals surface area contributed by atoms with Crippen molar-refractivity contribution in [1.82, 2.24) is 9.88 Å². The zero-order valence-electron chi connectivity index (χ0n) is 11.5. The van der Waals surface area contributed by atoms with Crippen LogP contribution in [0.3, 0.4) is 0 Å². The largest absolute Gasteiger partial charge is 0.477 e. The number of carboxylic acid groups (broad SMARTS) is 1. The molecule has 1 aliphatic rings. The van der Waals surface area contributed by atoms with E-state index in [0.717, 1.165) is 0 Å². The van der Waals surface area contributed by atoms with E-state index >= 15 is 0 Å². The molecule has 1 fully saturated rings. The van der Waals surface area contributed by atoms with Crippen LogP contribution in [0, 0.1) is 13.8 Å². The summed E-state index contributed by atoms with van der Waals surface area (Å²) in [5, 5.41) is 18.4. The molecule has 1 aromatic rings. The number of aromatic nitrogens is 1. The number of nitrogens with zero attached hydrogens (tertiary/aromatic N) is 1. The van der Waals surface area contributed by atoms with Gasteiger partial charge in [0, 0.05) is 12.2 Å². The van der Waals surface area contributed by atoms with Crippen LogP contribution in [0.1, 0.15) is 32.1 Å². The Kier molecular flexibility index (Phi) is 4.10. The van der Waals surface area contributed by atoms with E-state index in [0.29, 0.717) is 30.0 Å². The van der Waals surface area contributed by atoms with Crippen molar-refractivity contribution >= 4 is 11.9 Å². The van der Waals surface area contributed by atoms with Crippen molar-refractivity contribution in [3.05, 3.63) is 22.5 Å². The number of ether oxygens (including phenoxy) is 1. The molecule has 0 bridgehead atoms. The summed E-state index contributed by atoms with van der Waals surface area (Å²) in [6.45, 7) is 4.18. The monoisotopic (exact) mass is 282 g/mol. The lowest BCUT2D eigenvalue weighted by Crippen LogP contribution is -2.50. The van der Waals surface area contributed by atoms with Crippen LogP contribution in [0.4, 0.5) is 0 Å². The maximum atomic E-state index is 12.6. The van der Waals surface area contributed by atoms with Crippen molar-refractivity contribution in [3.63, 3.8) is 0 Å². The number of morpholine rings is 1. The summed E-state index contributed by atoms with van der Waals surface area (Å²) in [6.07, 6.45) is 0. The lowest BCUT2D eigenvalue weighted by atomic mass is 10.1. The van der Waals surface area contributed by atoms with Crippen LogP contribution in [0.15, 0.2) is 0 Å². The smallest absolute Gasteiger partial charge is 0.352 e. The molecule has 0 radical (unpaired) electrons. The minimum atomic E-state index is -1.09. The van der Waals surface area contributed by atoms with Gasteiger partial charge in [-0.05, 0) is 19.4 Å². The molecule has 7 heteroatoms. The van der Waals surface area contributed by atoms with Gasteiger partial charge in [-0.2, -0.15) is 0 Å². The molecular weight excluding hydrogens is 264 g/mol. The number of rotatable bonds is 3. The number of carbonyl (C=O) groups excluding carboxylic acids is 1. The summed E-state index contributed by atoms with van der Waals surface area (Å²) in [7, 11) is 0. The molecule has 20 heavy (non-hydrogen) atoms. The number of aliphatic hydroxyl groups excluding tert-OH is 1. The Morgan fingerprint density at radius 3 is 2.70 bits per heavy atom. The minimum absolute atomic E-state index is 0.0275. The highest BCUT2D eigenvalue weighted by Crippen LogP contribution is 2.22. The Balaban J connectivity index is 2.35. The number of aliphatic hydroxyl groups is 1. The second-order valence-corrected chi connectivity index (χ2v) is 4.84. The van der Waals surface area contributed by atoms with Gasteiger partial charge in [0.15, 0.2) is 0 Å². The molecule has 1 amide bonds. The van der Waals surface area contributed by atoms with Gasteiger partial charge < -0.3 is 24.8 Å². The van der Waals surface area contributed by atoms with Crippen LogP contribution in [-0.4, -0.2) is 64.4 Å². The molecular formula is C13H18N2O5. The van der Waals surface area contributed by atoms with E-state index in [2.05, 4.69) is 4.98 Å². The Morgan fingerprint density at radius 2 is 2.15 bits per heavy atom. The SMILES string of the molecule is Cc1[nH]c(C(=O)O)c(C)c1C(=O)N1CCOCC1CO. The number of aromatic carboxylic acids is 1. The molecule has 0 saturated carbocycles. The molecule has 7 nitrogen and oxygen atoms in total. The topological polar surface area (TPSA) is 103 Å². The van der Waals surface area contributed by atoms with E-state index in [4.69, 9.17) is 9.84 Å². The number of aromatic amines is 1. The normalized spacial score (nSPS) is 19.1. The second-order valence-electron chi connectivity index (χ2n) is 4.84. The molecule has 1 aliphatic heterocycles. The number of aryl methyl sites for hydroxylation is 1. The highest BCUT2D eigenvalue weighted by atomic mass is 16.5. The highest BCUT2D eigenvalue weighted by Gasteiger charge is 2.31. The number of carbonyl (C=O) groups is 2. The quantitative estimate of drug-likeness (QED) is 0.733. The number of hydrogen-bond donors (Lipinski definition) is 3. The van der Waals surface area contributed by atoms with E-state index in [1.165, 1.54) is 4.90 Å². The molecule has 2 heterocycles. The van der Waals surface area contributed by atoms with Gasteiger partial charge in [0.25, 0.3) is 5.91 Å². The first kappa shape index (κ1) is 14.5. The maximum Gasteiger partial charge on any atom is 0.352 e. The van der Waals surface area contributed by atoms with Gasteiger partial charge in [0.1, 0.15) is 5.69 Å².